The Balaban J connectivity index is 1.56. The Morgan fingerprint density at radius 3 is 2.59 bits per heavy atom. The zero-order chi connectivity index (χ0) is 27.6. The normalized spacial score (nSPS) is 17.8. The number of nitrogens with zero attached hydrogens (tertiary/aromatic N) is 4. The molecule has 0 spiro atoms. The Morgan fingerprint density at radius 2 is 1.92 bits per heavy atom. The fraction of sp³-hybridized carbons (Fsp3) is 0.385. The van der Waals surface area contributed by atoms with Crippen LogP contribution in [0.25, 0.3) is 5.69 Å². The molecule has 0 aliphatic carbocycles. The van der Waals surface area contributed by atoms with Crippen LogP contribution in [0.2, 0.25) is 0 Å². The van der Waals surface area contributed by atoms with Gasteiger partial charge in [-0.3, -0.25) is 14.9 Å². The van der Waals surface area contributed by atoms with Crippen LogP contribution < -0.4 is 10.1 Å². The smallest absolute Gasteiger partial charge is 0.272 e. The maximum atomic E-state index is 13.5. The van der Waals surface area contributed by atoms with Gasteiger partial charge in [-0.1, -0.05) is 18.2 Å². The number of sulfonamides is 1. The first kappa shape index (κ1) is 26.8. The Bertz CT molecular complexity index is 1480. The minimum absolute atomic E-state index is 0.0559. The molecular formula is C26H29N5O7S. The number of non-ortho nitro benzene ring substituents is 1. The minimum atomic E-state index is -4.08. The summed E-state index contributed by atoms with van der Waals surface area (Å²) in [5.74, 6) is -0.398. The van der Waals surface area contributed by atoms with E-state index in [1.165, 1.54) is 21.1 Å². The molecular weight excluding hydrogens is 526 g/mol. The average Bonchev–Trinajstić information content (AvgIpc) is 3.71. The molecule has 2 fully saturated rings. The van der Waals surface area contributed by atoms with E-state index < -0.39 is 20.9 Å². The number of carbonyl (C=O) groups is 1. The summed E-state index contributed by atoms with van der Waals surface area (Å²) in [5.41, 5.74) is 0.700. The number of amides is 1. The summed E-state index contributed by atoms with van der Waals surface area (Å²) >= 11 is 0. The summed E-state index contributed by atoms with van der Waals surface area (Å²) in [4.78, 5) is 23.6. The third-order valence-electron chi connectivity index (χ3n) is 6.83. The summed E-state index contributed by atoms with van der Waals surface area (Å²) < 4.78 is 41.5. The standard InChI is InChI=1S/C26H29N5O7S/c1-18-24(25(32)27-17-21-10-7-15-37-21)28-30(19-8-3-2-4-9-19)26(18)38-22-12-11-20(31(33)34)16-23(22)39(35,36)29-13-5-6-14-29/h2-4,8-9,11-12,16,21H,5-7,10,13-15,17H2,1H3,(H,27,32)/t21-/m0/s1. The number of rotatable bonds is 9. The van der Waals surface area contributed by atoms with E-state index in [0.717, 1.165) is 18.9 Å². The van der Waals surface area contributed by atoms with Crippen LogP contribution in [0.5, 0.6) is 11.6 Å². The quantitative estimate of drug-likeness (QED) is 0.311. The van der Waals surface area contributed by atoms with Gasteiger partial charge in [-0.2, -0.15) is 14.1 Å². The summed E-state index contributed by atoms with van der Waals surface area (Å²) in [7, 11) is -4.08. The highest BCUT2D eigenvalue weighted by Crippen LogP contribution is 2.37. The van der Waals surface area contributed by atoms with Gasteiger partial charge in [0.05, 0.1) is 16.7 Å². The first-order chi connectivity index (χ1) is 18.8. The second-order valence-electron chi connectivity index (χ2n) is 9.47. The topological polar surface area (TPSA) is 146 Å². The number of para-hydroxylation sites is 1. The molecule has 1 atom stereocenters. The SMILES string of the molecule is Cc1c(C(=O)NC[C@@H]2CCCO2)nn(-c2ccccc2)c1Oc1ccc([N+](=O)[O-])cc1S(=O)(=O)N1CCCC1. The highest BCUT2D eigenvalue weighted by atomic mass is 32.2. The highest BCUT2D eigenvalue weighted by molar-refractivity contribution is 7.89. The van der Waals surface area contributed by atoms with Crippen LogP contribution in [0, 0.1) is 17.0 Å². The molecule has 0 saturated carbocycles. The van der Waals surface area contributed by atoms with E-state index in [9.17, 15) is 23.3 Å². The van der Waals surface area contributed by atoms with Gasteiger partial charge in [0.2, 0.25) is 15.9 Å². The molecule has 2 aliphatic rings. The van der Waals surface area contributed by atoms with Crippen molar-refractivity contribution >= 4 is 21.6 Å². The van der Waals surface area contributed by atoms with Gasteiger partial charge in [0.25, 0.3) is 11.6 Å². The largest absolute Gasteiger partial charge is 0.437 e. The van der Waals surface area contributed by atoms with E-state index in [-0.39, 0.29) is 34.0 Å². The molecule has 2 saturated heterocycles. The molecule has 3 aromatic rings. The monoisotopic (exact) mass is 555 g/mol. The van der Waals surface area contributed by atoms with Crippen LogP contribution in [0.1, 0.15) is 41.7 Å². The van der Waals surface area contributed by atoms with Gasteiger partial charge < -0.3 is 14.8 Å². The summed E-state index contributed by atoms with van der Waals surface area (Å²) in [5, 5.41) is 18.9. The van der Waals surface area contributed by atoms with E-state index in [0.29, 0.717) is 50.3 Å². The highest BCUT2D eigenvalue weighted by Gasteiger charge is 2.33. The number of hydrogen-bond donors (Lipinski definition) is 1. The first-order valence-electron chi connectivity index (χ1n) is 12.8. The van der Waals surface area contributed by atoms with Crippen LogP contribution in [0.15, 0.2) is 53.4 Å². The first-order valence-corrected chi connectivity index (χ1v) is 14.2. The third kappa shape index (κ3) is 5.51. The second-order valence-corrected chi connectivity index (χ2v) is 11.4. The lowest BCUT2D eigenvalue weighted by atomic mass is 10.2. The molecule has 0 unspecified atom stereocenters. The number of nitro groups is 1. The number of carbonyl (C=O) groups excluding carboxylic acids is 1. The molecule has 206 valence electrons. The van der Waals surface area contributed by atoms with Crippen LogP contribution in [-0.2, 0) is 14.8 Å². The summed E-state index contributed by atoms with van der Waals surface area (Å²) in [6, 6.07) is 12.4. The third-order valence-corrected chi connectivity index (χ3v) is 8.75. The van der Waals surface area contributed by atoms with Gasteiger partial charge in [-0.05, 0) is 50.8 Å². The molecule has 13 heteroatoms. The van der Waals surface area contributed by atoms with Gasteiger partial charge in [-0.25, -0.2) is 8.42 Å². The van der Waals surface area contributed by atoms with Crippen molar-refractivity contribution in [2.45, 2.75) is 43.6 Å². The molecule has 0 radical (unpaired) electrons. The van der Waals surface area contributed by atoms with Crippen molar-refractivity contribution in [1.82, 2.24) is 19.4 Å². The van der Waals surface area contributed by atoms with E-state index in [4.69, 9.17) is 9.47 Å². The van der Waals surface area contributed by atoms with Crippen molar-refractivity contribution < 1.29 is 27.6 Å². The van der Waals surface area contributed by atoms with E-state index in [1.54, 1.807) is 31.2 Å². The molecule has 12 nitrogen and oxygen atoms in total. The van der Waals surface area contributed by atoms with Crippen LogP contribution in [-0.4, -0.2) is 65.7 Å². The lowest BCUT2D eigenvalue weighted by Gasteiger charge is -2.18. The Kier molecular flexibility index (Phi) is 7.64. The molecule has 3 heterocycles. The Labute approximate surface area is 225 Å². The van der Waals surface area contributed by atoms with E-state index in [2.05, 4.69) is 10.4 Å². The van der Waals surface area contributed by atoms with Crippen molar-refractivity contribution in [2.75, 3.05) is 26.2 Å². The van der Waals surface area contributed by atoms with E-state index >= 15 is 0 Å². The van der Waals surface area contributed by atoms with Crippen molar-refractivity contribution in [2.24, 2.45) is 0 Å². The predicted octanol–water partition coefficient (Wildman–Crippen LogP) is 3.57. The summed E-state index contributed by atoms with van der Waals surface area (Å²) in [6.45, 7) is 3.30. The number of hydrogen-bond acceptors (Lipinski definition) is 8. The zero-order valence-corrected chi connectivity index (χ0v) is 22.2. The summed E-state index contributed by atoms with van der Waals surface area (Å²) in [6.07, 6.45) is 3.15. The maximum absolute atomic E-state index is 13.5. The number of benzene rings is 2. The molecule has 2 aliphatic heterocycles. The van der Waals surface area contributed by atoms with E-state index in [1.807, 2.05) is 6.07 Å². The lowest BCUT2D eigenvalue weighted by Crippen LogP contribution is -2.32. The van der Waals surface area contributed by atoms with Gasteiger partial charge in [-0.15, -0.1) is 0 Å². The fourth-order valence-corrected chi connectivity index (χ4v) is 6.37. The van der Waals surface area contributed by atoms with Crippen molar-refractivity contribution in [3.8, 4) is 17.3 Å². The molecule has 39 heavy (non-hydrogen) atoms. The van der Waals surface area contributed by atoms with Crippen LogP contribution in [0.3, 0.4) is 0 Å². The van der Waals surface area contributed by atoms with Crippen LogP contribution >= 0.6 is 0 Å². The lowest BCUT2D eigenvalue weighted by molar-refractivity contribution is -0.385. The Hall–Kier alpha value is -3.81. The predicted molar refractivity (Wildman–Crippen MR) is 141 cm³/mol. The molecule has 1 N–H and O–H groups in total. The van der Waals surface area contributed by atoms with Crippen molar-refractivity contribution in [3.63, 3.8) is 0 Å². The van der Waals surface area contributed by atoms with Crippen molar-refractivity contribution in [1.29, 1.82) is 0 Å². The van der Waals surface area contributed by atoms with Crippen molar-refractivity contribution in [3.05, 3.63) is 69.9 Å². The van der Waals surface area contributed by atoms with Crippen LogP contribution in [0.4, 0.5) is 5.69 Å². The Morgan fingerprint density at radius 1 is 1.18 bits per heavy atom. The van der Waals surface area contributed by atoms with Gasteiger partial charge in [0.1, 0.15) is 10.6 Å². The molecule has 5 rings (SSSR count). The maximum Gasteiger partial charge on any atom is 0.272 e. The molecule has 1 aromatic heterocycles. The number of aromatic nitrogens is 2. The number of nitrogens with one attached hydrogen (secondary N) is 1. The molecule has 1 amide bonds. The van der Waals surface area contributed by atoms with Gasteiger partial charge in [0, 0.05) is 43.9 Å². The molecule has 2 aromatic carbocycles. The van der Waals surface area contributed by atoms with Gasteiger partial charge in [0.15, 0.2) is 5.69 Å². The zero-order valence-electron chi connectivity index (χ0n) is 21.4. The average molecular weight is 556 g/mol. The number of ether oxygens (including phenoxy) is 2. The van der Waals surface area contributed by atoms with Gasteiger partial charge >= 0.3 is 0 Å². The molecule has 0 bridgehead atoms. The fourth-order valence-electron chi connectivity index (χ4n) is 4.72. The minimum Gasteiger partial charge on any atom is -0.437 e. The number of nitro benzene ring substituents is 1. The second kappa shape index (κ2) is 11.1.